The SMILES string of the molecule is C[C@@]1(O)CCC[C@H]1n1c(=O)c(OC(F)F)cc2cnc(Nc3ccc4c(c3)CCNC4)nc21. The number of aliphatic hydroxyl groups is 1. The van der Waals surface area contributed by atoms with Gasteiger partial charge in [-0.2, -0.15) is 13.8 Å². The number of hydrogen-bond acceptors (Lipinski definition) is 7. The number of nitrogens with one attached hydrogen (secondary N) is 2. The van der Waals surface area contributed by atoms with Crippen molar-refractivity contribution < 1.29 is 18.6 Å². The van der Waals surface area contributed by atoms with E-state index in [2.05, 4.69) is 31.4 Å². The number of benzene rings is 1. The first-order valence-electron chi connectivity index (χ1n) is 11.0. The van der Waals surface area contributed by atoms with Crippen LogP contribution < -0.4 is 20.9 Å². The number of rotatable bonds is 5. The lowest BCUT2D eigenvalue weighted by molar-refractivity contribution is -0.0513. The zero-order valence-electron chi connectivity index (χ0n) is 18.1. The molecule has 8 nitrogen and oxygen atoms in total. The predicted molar refractivity (Wildman–Crippen MR) is 119 cm³/mol. The van der Waals surface area contributed by atoms with Gasteiger partial charge in [0.15, 0.2) is 5.75 Å². The zero-order valence-corrected chi connectivity index (χ0v) is 18.1. The molecule has 2 aromatic heterocycles. The molecule has 1 aliphatic heterocycles. The Hall–Kier alpha value is -3.11. The highest BCUT2D eigenvalue weighted by Gasteiger charge is 2.40. The fraction of sp³-hybridized carbons (Fsp3) is 0.435. The quantitative estimate of drug-likeness (QED) is 0.541. The van der Waals surface area contributed by atoms with Crippen molar-refractivity contribution in [2.45, 2.75) is 57.4 Å². The molecular weight excluding hydrogens is 432 g/mol. The Kier molecular flexibility index (Phi) is 5.49. The summed E-state index contributed by atoms with van der Waals surface area (Å²) in [5.41, 5.74) is 1.64. The smallest absolute Gasteiger partial charge is 0.387 e. The number of anilines is 2. The summed E-state index contributed by atoms with van der Waals surface area (Å²) in [6, 6.07) is 6.64. The lowest BCUT2D eigenvalue weighted by atomic mass is 10.00. The molecule has 0 saturated heterocycles. The summed E-state index contributed by atoms with van der Waals surface area (Å²) in [7, 11) is 0. The van der Waals surface area contributed by atoms with Gasteiger partial charge >= 0.3 is 6.61 Å². The van der Waals surface area contributed by atoms with Crippen molar-refractivity contribution >= 4 is 22.7 Å². The molecule has 0 amide bonds. The molecule has 3 N–H and O–H groups in total. The average Bonchev–Trinajstić information content (AvgIpc) is 3.13. The van der Waals surface area contributed by atoms with Crippen LogP contribution >= 0.6 is 0 Å². The van der Waals surface area contributed by atoms with Crippen molar-refractivity contribution in [1.29, 1.82) is 0 Å². The standard InChI is InChI=1S/C23H25F2N5O3/c1-23(32)7-2-3-18(23)30-19-15(10-17(20(30)31)33-21(24)25)12-27-22(29-19)28-16-5-4-14-11-26-8-6-13(14)9-16/h4-5,9-10,12,18,21,26,32H,2-3,6-8,11H2,1H3,(H,27,28,29)/t18-,23-/m1/s1. The minimum atomic E-state index is -3.14. The molecule has 0 spiro atoms. The van der Waals surface area contributed by atoms with Crippen LogP contribution in [-0.4, -0.2) is 38.4 Å². The Balaban J connectivity index is 1.59. The first kappa shape index (κ1) is 21.7. The Bertz CT molecular complexity index is 1260. The number of halogens is 2. The Labute approximate surface area is 188 Å². The monoisotopic (exact) mass is 457 g/mol. The molecule has 5 rings (SSSR count). The van der Waals surface area contributed by atoms with Crippen LogP contribution in [0.15, 0.2) is 35.3 Å². The van der Waals surface area contributed by atoms with Crippen molar-refractivity contribution in [3.63, 3.8) is 0 Å². The van der Waals surface area contributed by atoms with Gasteiger partial charge in [0.05, 0.1) is 11.6 Å². The van der Waals surface area contributed by atoms with E-state index >= 15 is 0 Å². The zero-order chi connectivity index (χ0) is 23.2. The largest absolute Gasteiger partial charge is 0.429 e. The summed E-state index contributed by atoms with van der Waals surface area (Å²) in [6.07, 6.45) is 4.10. The summed E-state index contributed by atoms with van der Waals surface area (Å²) in [4.78, 5) is 22.0. The minimum Gasteiger partial charge on any atom is -0.429 e. The van der Waals surface area contributed by atoms with Crippen molar-refractivity contribution in [2.75, 3.05) is 11.9 Å². The number of aromatic nitrogens is 3. The number of fused-ring (bicyclic) bond motifs is 2. The molecule has 2 atom stereocenters. The van der Waals surface area contributed by atoms with Crippen LogP contribution in [0.1, 0.15) is 43.4 Å². The lowest BCUT2D eigenvalue weighted by Crippen LogP contribution is -2.38. The van der Waals surface area contributed by atoms with E-state index in [1.54, 1.807) is 6.92 Å². The molecule has 0 unspecified atom stereocenters. The predicted octanol–water partition coefficient (Wildman–Crippen LogP) is 3.26. The molecule has 1 fully saturated rings. The number of pyridine rings is 1. The second kappa shape index (κ2) is 8.35. The first-order valence-corrected chi connectivity index (χ1v) is 11.0. The van der Waals surface area contributed by atoms with Crippen molar-refractivity contribution in [3.8, 4) is 5.75 Å². The van der Waals surface area contributed by atoms with Gasteiger partial charge in [0.2, 0.25) is 5.95 Å². The molecule has 2 aliphatic rings. The maximum Gasteiger partial charge on any atom is 0.387 e. The van der Waals surface area contributed by atoms with E-state index < -0.39 is 29.6 Å². The molecule has 174 valence electrons. The topological polar surface area (TPSA) is 101 Å². The van der Waals surface area contributed by atoms with E-state index in [1.807, 2.05) is 12.1 Å². The van der Waals surface area contributed by atoms with Gasteiger partial charge in [-0.1, -0.05) is 6.07 Å². The fourth-order valence-electron chi connectivity index (χ4n) is 4.85. The molecule has 3 aromatic rings. The van der Waals surface area contributed by atoms with Gasteiger partial charge < -0.3 is 20.5 Å². The fourth-order valence-corrected chi connectivity index (χ4v) is 4.85. The van der Waals surface area contributed by atoms with E-state index in [1.165, 1.54) is 28.0 Å². The Morgan fingerprint density at radius 3 is 2.94 bits per heavy atom. The summed E-state index contributed by atoms with van der Waals surface area (Å²) in [5.74, 6) is -0.225. The second-order valence-electron chi connectivity index (χ2n) is 8.84. The minimum absolute atomic E-state index is 0.258. The van der Waals surface area contributed by atoms with Gasteiger partial charge in [0, 0.05) is 23.8 Å². The van der Waals surface area contributed by atoms with Crippen LogP contribution in [0.25, 0.3) is 11.0 Å². The summed E-state index contributed by atoms with van der Waals surface area (Å²) in [5, 5.41) is 17.8. The molecule has 1 aromatic carbocycles. The normalized spacial score (nSPS) is 22.5. The highest BCUT2D eigenvalue weighted by Crippen LogP contribution is 2.40. The van der Waals surface area contributed by atoms with Crippen LogP contribution in [0.4, 0.5) is 20.4 Å². The van der Waals surface area contributed by atoms with E-state index in [4.69, 9.17) is 0 Å². The van der Waals surface area contributed by atoms with Crippen LogP contribution in [0.3, 0.4) is 0 Å². The van der Waals surface area contributed by atoms with E-state index in [9.17, 15) is 18.7 Å². The van der Waals surface area contributed by atoms with Gasteiger partial charge in [0.25, 0.3) is 5.56 Å². The van der Waals surface area contributed by atoms with E-state index in [0.717, 1.165) is 25.2 Å². The number of alkyl halides is 2. The molecule has 33 heavy (non-hydrogen) atoms. The van der Waals surface area contributed by atoms with Gasteiger partial charge in [0.1, 0.15) is 5.65 Å². The van der Waals surface area contributed by atoms with Gasteiger partial charge in [-0.3, -0.25) is 9.36 Å². The summed E-state index contributed by atoms with van der Waals surface area (Å²) >= 11 is 0. The third-order valence-corrected chi connectivity index (χ3v) is 6.50. The van der Waals surface area contributed by atoms with Crippen LogP contribution in [-0.2, 0) is 13.0 Å². The summed E-state index contributed by atoms with van der Waals surface area (Å²) < 4.78 is 31.6. The maximum atomic E-state index is 13.1. The molecule has 0 radical (unpaired) electrons. The van der Waals surface area contributed by atoms with E-state index in [-0.39, 0.29) is 11.6 Å². The lowest BCUT2D eigenvalue weighted by Gasteiger charge is -2.28. The van der Waals surface area contributed by atoms with Crippen LogP contribution in [0, 0.1) is 0 Å². The molecular formula is C23H25F2N5O3. The average molecular weight is 457 g/mol. The van der Waals surface area contributed by atoms with Crippen molar-refractivity contribution in [3.05, 3.63) is 51.9 Å². The molecule has 10 heteroatoms. The Morgan fingerprint density at radius 2 is 2.18 bits per heavy atom. The van der Waals surface area contributed by atoms with Gasteiger partial charge in [-0.05, 0) is 68.5 Å². The molecule has 1 aliphatic carbocycles. The third kappa shape index (κ3) is 4.16. The van der Waals surface area contributed by atoms with Crippen molar-refractivity contribution in [1.82, 2.24) is 19.9 Å². The number of hydrogen-bond donors (Lipinski definition) is 3. The number of ether oxygens (including phenoxy) is 1. The molecule has 1 saturated carbocycles. The molecule has 0 bridgehead atoms. The Morgan fingerprint density at radius 1 is 1.33 bits per heavy atom. The van der Waals surface area contributed by atoms with Crippen molar-refractivity contribution in [2.24, 2.45) is 0 Å². The van der Waals surface area contributed by atoms with Gasteiger partial charge in [-0.25, -0.2) is 4.98 Å². The summed E-state index contributed by atoms with van der Waals surface area (Å²) in [6.45, 7) is 0.248. The maximum absolute atomic E-state index is 13.1. The van der Waals surface area contributed by atoms with E-state index in [0.29, 0.717) is 24.6 Å². The third-order valence-electron chi connectivity index (χ3n) is 6.50. The first-order chi connectivity index (χ1) is 15.8. The number of nitrogens with zero attached hydrogens (tertiary/aromatic N) is 3. The highest BCUT2D eigenvalue weighted by atomic mass is 19.3. The van der Waals surface area contributed by atoms with Crippen LogP contribution in [0.5, 0.6) is 5.75 Å². The molecule has 3 heterocycles. The highest BCUT2D eigenvalue weighted by molar-refractivity contribution is 5.77. The second-order valence-corrected chi connectivity index (χ2v) is 8.84. The van der Waals surface area contributed by atoms with Gasteiger partial charge in [-0.15, -0.1) is 0 Å². The van der Waals surface area contributed by atoms with Crippen LogP contribution in [0.2, 0.25) is 0 Å².